The first-order valence-corrected chi connectivity index (χ1v) is 9.73. The molecule has 0 fully saturated rings. The SMILES string of the molecule is COc1ccc(S(=O)(=O)NCCn2c(=O)n(C)c3ccccc32)cc1OC. The van der Waals surface area contributed by atoms with E-state index in [1.807, 2.05) is 24.3 Å². The van der Waals surface area contributed by atoms with Crippen LogP contribution in [0.15, 0.2) is 52.2 Å². The van der Waals surface area contributed by atoms with Crippen molar-refractivity contribution in [3.8, 4) is 11.5 Å². The number of rotatable bonds is 7. The number of nitrogens with one attached hydrogen (secondary N) is 1. The van der Waals surface area contributed by atoms with Crippen molar-refractivity contribution in [2.45, 2.75) is 11.4 Å². The maximum Gasteiger partial charge on any atom is 0.328 e. The van der Waals surface area contributed by atoms with Gasteiger partial charge in [0.05, 0.1) is 30.1 Å². The zero-order valence-corrected chi connectivity index (χ0v) is 16.1. The molecule has 2 aromatic carbocycles. The van der Waals surface area contributed by atoms with Crippen molar-refractivity contribution in [2.75, 3.05) is 20.8 Å². The predicted octanol–water partition coefficient (Wildman–Crippen LogP) is 1.34. The Bertz CT molecular complexity index is 1130. The molecule has 9 heteroatoms. The van der Waals surface area contributed by atoms with E-state index in [0.29, 0.717) is 11.5 Å². The molecule has 0 unspecified atom stereocenters. The molecule has 0 atom stereocenters. The average Bonchev–Trinajstić information content (AvgIpc) is 2.92. The summed E-state index contributed by atoms with van der Waals surface area (Å²) in [5, 5.41) is 0. The summed E-state index contributed by atoms with van der Waals surface area (Å²) in [5.74, 6) is 0.768. The minimum absolute atomic E-state index is 0.0606. The van der Waals surface area contributed by atoms with E-state index in [-0.39, 0.29) is 23.7 Å². The number of sulfonamides is 1. The van der Waals surface area contributed by atoms with Crippen molar-refractivity contribution in [2.24, 2.45) is 7.05 Å². The number of nitrogens with zero attached hydrogens (tertiary/aromatic N) is 2. The van der Waals surface area contributed by atoms with Crippen molar-refractivity contribution < 1.29 is 17.9 Å². The van der Waals surface area contributed by atoms with E-state index in [1.165, 1.54) is 37.0 Å². The third-order valence-corrected chi connectivity index (χ3v) is 5.80. The fraction of sp³-hybridized carbons (Fsp3) is 0.278. The standard InChI is InChI=1S/C18H21N3O5S/c1-20-14-6-4-5-7-15(14)21(18(20)22)11-10-19-27(23,24)13-8-9-16(25-2)17(12-13)26-3/h4-9,12,19H,10-11H2,1-3H3. The van der Waals surface area contributed by atoms with Gasteiger partial charge < -0.3 is 9.47 Å². The number of aromatic nitrogens is 2. The molecule has 0 radical (unpaired) electrons. The quantitative estimate of drug-likeness (QED) is 0.656. The molecular formula is C18H21N3O5S. The van der Waals surface area contributed by atoms with Crippen LogP contribution in [0, 0.1) is 0 Å². The van der Waals surface area contributed by atoms with E-state index >= 15 is 0 Å². The summed E-state index contributed by atoms with van der Waals surface area (Å²) < 4.78 is 41.0. The second kappa shape index (κ2) is 7.45. The molecule has 0 aliphatic heterocycles. The van der Waals surface area contributed by atoms with Crippen LogP contribution in [0.5, 0.6) is 11.5 Å². The van der Waals surface area contributed by atoms with Gasteiger partial charge in [0.2, 0.25) is 10.0 Å². The van der Waals surface area contributed by atoms with Crippen molar-refractivity contribution >= 4 is 21.1 Å². The number of benzene rings is 2. The van der Waals surface area contributed by atoms with Crippen LogP contribution in [-0.2, 0) is 23.6 Å². The minimum atomic E-state index is -3.76. The van der Waals surface area contributed by atoms with Crippen LogP contribution in [0.4, 0.5) is 0 Å². The number of fused-ring (bicyclic) bond motifs is 1. The molecule has 0 aliphatic rings. The highest BCUT2D eigenvalue weighted by Crippen LogP contribution is 2.29. The first-order valence-electron chi connectivity index (χ1n) is 8.25. The zero-order valence-electron chi connectivity index (χ0n) is 15.3. The highest BCUT2D eigenvalue weighted by molar-refractivity contribution is 7.89. The van der Waals surface area contributed by atoms with Crippen LogP contribution < -0.4 is 19.9 Å². The number of aryl methyl sites for hydroxylation is 1. The first-order chi connectivity index (χ1) is 12.9. The van der Waals surface area contributed by atoms with Crippen LogP contribution >= 0.6 is 0 Å². The average molecular weight is 391 g/mol. The summed E-state index contributed by atoms with van der Waals surface area (Å²) in [4.78, 5) is 12.4. The van der Waals surface area contributed by atoms with Gasteiger partial charge in [-0.3, -0.25) is 9.13 Å². The number of hydrogen-bond acceptors (Lipinski definition) is 5. The van der Waals surface area contributed by atoms with Crippen molar-refractivity contribution in [3.63, 3.8) is 0 Å². The molecule has 27 heavy (non-hydrogen) atoms. The number of imidazole rings is 1. The van der Waals surface area contributed by atoms with E-state index < -0.39 is 10.0 Å². The first kappa shape index (κ1) is 19.0. The van der Waals surface area contributed by atoms with E-state index in [1.54, 1.807) is 11.6 Å². The molecule has 8 nitrogen and oxygen atoms in total. The molecule has 1 N–H and O–H groups in total. The normalized spacial score (nSPS) is 11.7. The molecular weight excluding hydrogens is 370 g/mol. The Kier molecular flexibility index (Phi) is 5.24. The largest absolute Gasteiger partial charge is 0.493 e. The second-order valence-corrected chi connectivity index (χ2v) is 7.66. The lowest BCUT2D eigenvalue weighted by molar-refractivity contribution is 0.354. The Morgan fingerprint density at radius 2 is 1.67 bits per heavy atom. The summed E-state index contributed by atoms with van der Waals surface area (Å²) in [6.45, 7) is 0.289. The van der Waals surface area contributed by atoms with E-state index in [4.69, 9.17) is 9.47 Å². The van der Waals surface area contributed by atoms with Crippen molar-refractivity contribution in [1.82, 2.24) is 13.9 Å². The highest BCUT2D eigenvalue weighted by atomic mass is 32.2. The van der Waals surface area contributed by atoms with Crippen LogP contribution in [0.3, 0.4) is 0 Å². The van der Waals surface area contributed by atoms with Crippen LogP contribution in [0.1, 0.15) is 0 Å². The van der Waals surface area contributed by atoms with Crippen LogP contribution in [-0.4, -0.2) is 38.3 Å². The Hall–Kier alpha value is -2.78. The van der Waals surface area contributed by atoms with Gasteiger partial charge in [-0.15, -0.1) is 0 Å². The van der Waals surface area contributed by atoms with Gasteiger partial charge in [-0.1, -0.05) is 12.1 Å². The lowest BCUT2D eigenvalue weighted by atomic mass is 10.3. The van der Waals surface area contributed by atoms with Gasteiger partial charge in [0.25, 0.3) is 0 Å². The van der Waals surface area contributed by atoms with Crippen LogP contribution in [0.2, 0.25) is 0 Å². The second-order valence-electron chi connectivity index (χ2n) is 5.90. The van der Waals surface area contributed by atoms with Crippen LogP contribution in [0.25, 0.3) is 11.0 Å². The Labute approximate surface area is 157 Å². The number of para-hydroxylation sites is 2. The molecule has 3 aromatic rings. The molecule has 1 heterocycles. The molecule has 0 bridgehead atoms. The minimum Gasteiger partial charge on any atom is -0.493 e. The summed E-state index contributed by atoms with van der Waals surface area (Å²) in [6.07, 6.45) is 0. The maximum absolute atomic E-state index is 12.5. The lowest BCUT2D eigenvalue weighted by Gasteiger charge is -2.11. The summed E-state index contributed by atoms with van der Waals surface area (Å²) in [5.41, 5.74) is 1.36. The van der Waals surface area contributed by atoms with Gasteiger partial charge in [-0.25, -0.2) is 17.9 Å². The summed E-state index contributed by atoms with van der Waals surface area (Å²) in [6, 6.07) is 11.7. The maximum atomic E-state index is 12.5. The highest BCUT2D eigenvalue weighted by Gasteiger charge is 2.17. The Balaban J connectivity index is 1.79. The Morgan fingerprint density at radius 1 is 1.00 bits per heavy atom. The van der Waals surface area contributed by atoms with Gasteiger partial charge in [0.1, 0.15) is 0 Å². The Morgan fingerprint density at radius 3 is 2.33 bits per heavy atom. The van der Waals surface area contributed by atoms with Gasteiger partial charge in [-0.2, -0.15) is 0 Å². The van der Waals surface area contributed by atoms with E-state index in [0.717, 1.165) is 11.0 Å². The van der Waals surface area contributed by atoms with E-state index in [9.17, 15) is 13.2 Å². The molecule has 144 valence electrons. The molecule has 1 aromatic heterocycles. The monoisotopic (exact) mass is 391 g/mol. The number of methoxy groups -OCH3 is 2. The number of hydrogen-bond donors (Lipinski definition) is 1. The van der Waals surface area contributed by atoms with Gasteiger partial charge in [-0.05, 0) is 24.3 Å². The fourth-order valence-electron chi connectivity index (χ4n) is 2.94. The molecule has 0 saturated carbocycles. The topological polar surface area (TPSA) is 91.6 Å². The third kappa shape index (κ3) is 3.56. The van der Waals surface area contributed by atoms with Gasteiger partial charge in [0, 0.05) is 26.2 Å². The van der Waals surface area contributed by atoms with Crippen molar-refractivity contribution in [1.29, 1.82) is 0 Å². The molecule has 0 aliphatic carbocycles. The molecule has 3 rings (SSSR count). The fourth-order valence-corrected chi connectivity index (χ4v) is 3.97. The number of ether oxygens (including phenoxy) is 2. The van der Waals surface area contributed by atoms with Gasteiger partial charge >= 0.3 is 5.69 Å². The predicted molar refractivity (Wildman–Crippen MR) is 102 cm³/mol. The smallest absolute Gasteiger partial charge is 0.328 e. The third-order valence-electron chi connectivity index (χ3n) is 4.34. The lowest BCUT2D eigenvalue weighted by Crippen LogP contribution is -2.31. The summed E-state index contributed by atoms with van der Waals surface area (Å²) >= 11 is 0. The molecule has 0 amide bonds. The van der Waals surface area contributed by atoms with Crippen molar-refractivity contribution in [3.05, 3.63) is 52.9 Å². The van der Waals surface area contributed by atoms with Gasteiger partial charge in [0.15, 0.2) is 11.5 Å². The van der Waals surface area contributed by atoms with E-state index in [2.05, 4.69) is 4.72 Å². The summed E-state index contributed by atoms with van der Waals surface area (Å²) in [7, 11) is 0.852. The zero-order chi connectivity index (χ0) is 19.6. The molecule has 0 spiro atoms. The molecule has 0 saturated heterocycles.